The lowest BCUT2D eigenvalue weighted by Gasteiger charge is -2.20. The maximum absolute atomic E-state index is 12.8. The van der Waals surface area contributed by atoms with E-state index in [1.54, 1.807) is 36.5 Å². The standard InChI is InChI=1S/C14H15FN2O2.C10H7F3N2O/c1-14(2,8-16-9-18)12-7-17-13(19-12)10-3-5-11(15)6-4-10;1-6-3-2-4-7(5-6)8-14-9(16-15-8)10(11,12)13/h3-7,9H,8H2,1-2H3,(H,16,18);2-5H,1H3. The summed E-state index contributed by atoms with van der Waals surface area (Å²) in [5, 5.41) is 5.91. The van der Waals surface area contributed by atoms with Crippen molar-refractivity contribution in [1.82, 2.24) is 20.4 Å². The molecule has 2 aromatic carbocycles. The highest BCUT2D eigenvalue weighted by Crippen LogP contribution is 2.29. The summed E-state index contributed by atoms with van der Waals surface area (Å²) in [6.07, 6.45) is -2.32. The average Bonchev–Trinajstić information content (AvgIpc) is 3.49. The minimum Gasteiger partial charge on any atom is -0.441 e. The van der Waals surface area contributed by atoms with E-state index in [1.165, 1.54) is 12.1 Å². The number of hydrogen-bond donors (Lipinski definition) is 1. The molecule has 11 heteroatoms. The number of aryl methyl sites for hydroxylation is 1. The number of alkyl halides is 3. The summed E-state index contributed by atoms with van der Waals surface area (Å²) >= 11 is 0. The van der Waals surface area contributed by atoms with Gasteiger partial charge in [-0.05, 0) is 37.3 Å². The van der Waals surface area contributed by atoms with Crippen LogP contribution in [0.4, 0.5) is 17.6 Å². The van der Waals surface area contributed by atoms with Crippen LogP contribution in [0.15, 0.2) is 63.7 Å². The Kier molecular flexibility index (Phi) is 7.68. The second kappa shape index (κ2) is 10.5. The van der Waals surface area contributed by atoms with Crippen LogP contribution in [0, 0.1) is 12.7 Å². The van der Waals surface area contributed by atoms with E-state index in [0.29, 0.717) is 35.7 Å². The van der Waals surface area contributed by atoms with Gasteiger partial charge in [-0.3, -0.25) is 4.79 Å². The molecule has 2 heterocycles. The average molecular weight is 490 g/mol. The fourth-order valence-corrected chi connectivity index (χ4v) is 2.94. The zero-order chi connectivity index (χ0) is 25.6. The first kappa shape index (κ1) is 25.6. The van der Waals surface area contributed by atoms with Gasteiger partial charge in [0.15, 0.2) is 0 Å². The molecule has 1 amide bonds. The van der Waals surface area contributed by atoms with Crippen LogP contribution in [-0.2, 0) is 16.4 Å². The predicted octanol–water partition coefficient (Wildman–Crippen LogP) is 5.57. The van der Waals surface area contributed by atoms with E-state index in [-0.39, 0.29) is 17.1 Å². The Morgan fingerprint density at radius 1 is 1.06 bits per heavy atom. The van der Waals surface area contributed by atoms with Gasteiger partial charge >= 0.3 is 12.1 Å². The van der Waals surface area contributed by atoms with Crippen molar-refractivity contribution in [3.05, 3.63) is 77.8 Å². The Morgan fingerprint density at radius 2 is 1.77 bits per heavy atom. The van der Waals surface area contributed by atoms with Crippen LogP contribution in [0.3, 0.4) is 0 Å². The first-order chi connectivity index (χ1) is 16.5. The molecular weight excluding hydrogens is 468 g/mol. The van der Waals surface area contributed by atoms with E-state index in [2.05, 4.69) is 25.0 Å². The molecule has 4 rings (SSSR count). The minimum absolute atomic E-state index is 0.0592. The topological polar surface area (TPSA) is 94.1 Å². The van der Waals surface area contributed by atoms with E-state index in [1.807, 2.05) is 26.8 Å². The number of benzene rings is 2. The Hall–Kier alpha value is -4.02. The summed E-state index contributed by atoms with van der Waals surface area (Å²) in [5.74, 6) is -0.582. The molecule has 0 fully saturated rings. The smallest absolute Gasteiger partial charge is 0.441 e. The second-order valence-electron chi connectivity index (χ2n) is 8.21. The number of carbonyl (C=O) groups excluding carboxylic acids is 1. The largest absolute Gasteiger partial charge is 0.471 e. The third-order valence-electron chi connectivity index (χ3n) is 4.84. The van der Waals surface area contributed by atoms with E-state index >= 15 is 0 Å². The van der Waals surface area contributed by atoms with Crippen molar-refractivity contribution in [3.63, 3.8) is 0 Å². The molecule has 1 N–H and O–H groups in total. The zero-order valence-electron chi connectivity index (χ0n) is 19.1. The second-order valence-corrected chi connectivity index (χ2v) is 8.21. The number of amides is 1. The summed E-state index contributed by atoms with van der Waals surface area (Å²) in [6.45, 7) is 6.17. The van der Waals surface area contributed by atoms with E-state index in [0.717, 1.165) is 5.56 Å². The van der Waals surface area contributed by atoms with Crippen molar-refractivity contribution in [2.75, 3.05) is 6.54 Å². The summed E-state index contributed by atoms with van der Waals surface area (Å²) in [7, 11) is 0. The van der Waals surface area contributed by atoms with E-state index < -0.39 is 12.1 Å². The molecule has 0 unspecified atom stereocenters. The number of hydrogen-bond acceptors (Lipinski definition) is 6. The molecule has 0 radical (unpaired) electrons. The van der Waals surface area contributed by atoms with Crippen molar-refractivity contribution < 1.29 is 31.3 Å². The van der Waals surface area contributed by atoms with Gasteiger partial charge in [0.05, 0.1) is 6.20 Å². The van der Waals surface area contributed by atoms with Gasteiger partial charge < -0.3 is 14.3 Å². The van der Waals surface area contributed by atoms with Gasteiger partial charge in [0.2, 0.25) is 18.1 Å². The lowest BCUT2D eigenvalue weighted by Crippen LogP contribution is -2.31. The quantitative estimate of drug-likeness (QED) is 0.281. The van der Waals surface area contributed by atoms with Crippen molar-refractivity contribution >= 4 is 6.41 Å². The lowest BCUT2D eigenvalue weighted by atomic mass is 9.91. The van der Waals surface area contributed by atoms with Crippen molar-refractivity contribution in [3.8, 4) is 22.8 Å². The molecule has 35 heavy (non-hydrogen) atoms. The molecule has 2 aromatic heterocycles. The van der Waals surface area contributed by atoms with Gasteiger partial charge in [-0.1, -0.05) is 42.8 Å². The lowest BCUT2D eigenvalue weighted by molar-refractivity contribution is -0.159. The summed E-state index contributed by atoms with van der Waals surface area (Å²) in [5.41, 5.74) is 1.77. The van der Waals surface area contributed by atoms with Gasteiger partial charge in [0, 0.05) is 23.1 Å². The van der Waals surface area contributed by atoms with Crippen LogP contribution in [0.1, 0.15) is 31.1 Å². The van der Waals surface area contributed by atoms with Crippen molar-refractivity contribution in [1.29, 1.82) is 0 Å². The molecule has 0 bridgehead atoms. The monoisotopic (exact) mass is 490 g/mol. The minimum atomic E-state index is -4.60. The first-order valence-electron chi connectivity index (χ1n) is 10.4. The molecule has 4 aromatic rings. The van der Waals surface area contributed by atoms with Crippen LogP contribution >= 0.6 is 0 Å². The molecule has 0 aliphatic carbocycles. The molecule has 0 aliphatic rings. The Labute approximate surface area is 198 Å². The molecule has 0 spiro atoms. The number of oxazole rings is 1. The molecule has 0 aliphatic heterocycles. The number of aromatic nitrogens is 3. The van der Waals surface area contributed by atoms with Gasteiger partial charge in [-0.2, -0.15) is 18.2 Å². The van der Waals surface area contributed by atoms with Crippen molar-refractivity contribution in [2.45, 2.75) is 32.4 Å². The predicted molar refractivity (Wildman–Crippen MR) is 118 cm³/mol. The highest BCUT2D eigenvalue weighted by Gasteiger charge is 2.38. The van der Waals surface area contributed by atoms with Crippen LogP contribution in [-0.4, -0.2) is 28.1 Å². The Balaban J connectivity index is 0.000000198. The zero-order valence-corrected chi connectivity index (χ0v) is 19.1. The van der Waals surface area contributed by atoms with Crippen LogP contribution in [0.5, 0.6) is 0 Å². The van der Waals surface area contributed by atoms with Gasteiger partial charge in [0.1, 0.15) is 11.6 Å². The summed E-state index contributed by atoms with van der Waals surface area (Å²) < 4.78 is 59.3. The van der Waals surface area contributed by atoms with Crippen LogP contribution in [0.2, 0.25) is 0 Å². The third kappa shape index (κ3) is 6.75. The SMILES string of the molecule is CC(C)(CNC=O)c1cnc(-c2ccc(F)cc2)o1.Cc1cccc(-c2noc(C(F)(F)F)n2)c1. The van der Waals surface area contributed by atoms with E-state index in [9.17, 15) is 22.4 Å². The van der Waals surface area contributed by atoms with Gasteiger partial charge in [-0.25, -0.2) is 9.37 Å². The number of nitrogens with one attached hydrogen (secondary N) is 1. The molecule has 0 saturated carbocycles. The van der Waals surface area contributed by atoms with Crippen LogP contribution < -0.4 is 5.32 Å². The first-order valence-corrected chi connectivity index (χ1v) is 10.4. The fourth-order valence-electron chi connectivity index (χ4n) is 2.94. The summed E-state index contributed by atoms with van der Waals surface area (Å²) in [4.78, 5) is 17.8. The molecule has 0 atom stereocenters. The fraction of sp³-hybridized carbons (Fsp3) is 0.250. The number of rotatable bonds is 6. The number of nitrogens with zero attached hydrogens (tertiary/aromatic N) is 3. The number of carbonyl (C=O) groups is 1. The highest BCUT2D eigenvalue weighted by molar-refractivity contribution is 5.55. The van der Waals surface area contributed by atoms with Crippen molar-refractivity contribution in [2.24, 2.45) is 0 Å². The molecule has 184 valence electrons. The van der Waals surface area contributed by atoms with Gasteiger partial charge in [-0.15, -0.1) is 0 Å². The van der Waals surface area contributed by atoms with Crippen LogP contribution in [0.25, 0.3) is 22.8 Å². The maximum Gasteiger partial charge on any atom is 0.471 e. The number of halogens is 4. The molecule has 7 nitrogen and oxygen atoms in total. The normalized spacial score (nSPS) is 11.5. The Bertz CT molecular complexity index is 1260. The van der Waals surface area contributed by atoms with Gasteiger partial charge in [0.25, 0.3) is 0 Å². The third-order valence-corrected chi connectivity index (χ3v) is 4.84. The Morgan fingerprint density at radius 3 is 2.37 bits per heavy atom. The van der Waals surface area contributed by atoms with E-state index in [4.69, 9.17) is 4.42 Å². The molecular formula is C24H22F4N4O3. The summed E-state index contributed by atoms with van der Waals surface area (Å²) in [6, 6.07) is 12.8. The maximum atomic E-state index is 12.8. The molecule has 0 saturated heterocycles. The highest BCUT2D eigenvalue weighted by atomic mass is 19.4.